The van der Waals surface area contributed by atoms with Crippen LogP contribution in [0.15, 0.2) is 48.5 Å². The number of likely N-dealkylation sites (tertiary alicyclic amines) is 1. The molecule has 5 rings (SSSR count). The molecule has 1 aliphatic carbocycles. The molecule has 0 aromatic heterocycles. The Hall–Kier alpha value is -3.11. The number of likely N-dealkylation sites (N-methyl/N-ethyl adjacent to an activating group) is 1. The fraction of sp³-hybridized carbons (Fsp3) is 0.548. The normalized spacial score (nSPS) is 23.3. The van der Waals surface area contributed by atoms with Crippen molar-refractivity contribution in [1.29, 1.82) is 0 Å². The van der Waals surface area contributed by atoms with Gasteiger partial charge in [0.25, 0.3) is 0 Å². The van der Waals surface area contributed by atoms with Gasteiger partial charge in [0.15, 0.2) is 0 Å². The fourth-order valence-electron chi connectivity index (χ4n) is 6.61. The Morgan fingerprint density at radius 1 is 0.902 bits per heavy atom. The molecule has 2 aromatic carbocycles. The zero-order valence-electron chi connectivity index (χ0n) is 24.1. The Balaban J connectivity index is 1.08. The van der Waals surface area contributed by atoms with Gasteiger partial charge in [-0.3, -0.25) is 19.2 Å². The van der Waals surface area contributed by atoms with Gasteiger partial charge in [0.05, 0.1) is 6.26 Å². The van der Waals surface area contributed by atoms with Crippen molar-refractivity contribution in [2.45, 2.75) is 70.0 Å². The van der Waals surface area contributed by atoms with Crippen molar-refractivity contribution in [3.05, 3.63) is 54.1 Å². The van der Waals surface area contributed by atoms with Crippen LogP contribution >= 0.6 is 0 Å². The molecular formula is C31H42N4O5S. The Bertz CT molecular complexity index is 1300. The standard InChI is InChI=1S/C31H42N4O5S/c1-34-29(30(36)32-28(31(34)37)20-22-6-4-3-5-7-22)24-16-18-35(19-17-24)21-23-8-12-26(13-9-23)40-27-14-10-25(11-15-27)33-41(2,38)39/h8-15,22,24,28-29,33H,3-7,16-21H2,1-2H3,(H,32,36)/t28-,29?/m0/s1. The van der Waals surface area contributed by atoms with Crippen molar-refractivity contribution in [2.75, 3.05) is 31.1 Å². The van der Waals surface area contributed by atoms with Gasteiger partial charge >= 0.3 is 0 Å². The highest BCUT2D eigenvalue weighted by molar-refractivity contribution is 7.92. The summed E-state index contributed by atoms with van der Waals surface area (Å²) in [5.41, 5.74) is 1.66. The second kappa shape index (κ2) is 12.8. The molecular weight excluding hydrogens is 540 g/mol. The number of piperidine rings is 1. The van der Waals surface area contributed by atoms with Gasteiger partial charge in [0, 0.05) is 19.3 Å². The van der Waals surface area contributed by atoms with E-state index in [0.717, 1.165) is 45.2 Å². The molecule has 10 heteroatoms. The first kappa shape index (κ1) is 29.4. The number of rotatable bonds is 9. The average molecular weight is 583 g/mol. The molecule has 3 aliphatic rings. The molecule has 2 N–H and O–H groups in total. The minimum Gasteiger partial charge on any atom is -0.457 e. The SMILES string of the molecule is CN1C(=O)[C@H](CC2CCCCC2)NC(=O)C1C1CCN(Cc2ccc(Oc3ccc(NS(C)(=O)=O)cc3)cc2)CC1. The number of benzene rings is 2. The number of hydrogen-bond acceptors (Lipinski definition) is 6. The first-order valence-electron chi connectivity index (χ1n) is 14.8. The molecule has 0 radical (unpaired) electrons. The Labute approximate surface area is 243 Å². The maximum absolute atomic E-state index is 13.2. The van der Waals surface area contributed by atoms with E-state index in [-0.39, 0.29) is 29.8 Å². The van der Waals surface area contributed by atoms with Gasteiger partial charge in [-0.15, -0.1) is 0 Å². The predicted octanol–water partition coefficient (Wildman–Crippen LogP) is 4.36. The maximum Gasteiger partial charge on any atom is 0.245 e. The van der Waals surface area contributed by atoms with E-state index in [1.165, 1.54) is 37.7 Å². The molecule has 1 saturated carbocycles. The van der Waals surface area contributed by atoms with Crippen LogP contribution in [0.4, 0.5) is 5.69 Å². The topological polar surface area (TPSA) is 108 Å². The number of anilines is 1. The molecule has 2 aromatic rings. The molecule has 2 atom stereocenters. The molecule has 2 amide bonds. The van der Waals surface area contributed by atoms with E-state index in [1.54, 1.807) is 29.2 Å². The van der Waals surface area contributed by atoms with Crippen LogP contribution in [-0.2, 0) is 26.2 Å². The number of nitrogens with zero attached hydrogens (tertiary/aromatic N) is 2. The Morgan fingerprint density at radius 2 is 1.51 bits per heavy atom. The van der Waals surface area contributed by atoms with Gasteiger partial charge in [0.2, 0.25) is 21.8 Å². The van der Waals surface area contributed by atoms with E-state index in [9.17, 15) is 18.0 Å². The predicted molar refractivity (Wildman–Crippen MR) is 159 cm³/mol. The largest absolute Gasteiger partial charge is 0.457 e. The minimum atomic E-state index is -3.32. The van der Waals surface area contributed by atoms with Crippen LogP contribution in [0.25, 0.3) is 0 Å². The summed E-state index contributed by atoms with van der Waals surface area (Å²) in [4.78, 5) is 30.5. The summed E-state index contributed by atoms with van der Waals surface area (Å²) in [7, 11) is -1.50. The third-order valence-corrected chi connectivity index (χ3v) is 9.35. The third-order valence-electron chi connectivity index (χ3n) is 8.74. The lowest BCUT2D eigenvalue weighted by atomic mass is 9.82. The fourth-order valence-corrected chi connectivity index (χ4v) is 7.18. The summed E-state index contributed by atoms with van der Waals surface area (Å²) in [6, 6.07) is 14.0. The summed E-state index contributed by atoms with van der Waals surface area (Å²) < 4.78 is 31.1. The van der Waals surface area contributed by atoms with Gasteiger partial charge in [-0.25, -0.2) is 8.42 Å². The van der Waals surface area contributed by atoms with Crippen LogP contribution in [0.2, 0.25) is 0 Å². The monoisotopic (exact) mass is 582 g/mol. The highest BCUT2D eigenvalue weighted by atomic mass is 32.2. The lowest BCUT2D eigenvalue weighted by molar-refractivity contribution is -0.151. The van der Waals surface area contributed by atoms with E-state index in [2.05, 4.69) is 27.1 Å². The summed E-state index contributed by atoms with van der Waals surface area (Å²) in [5.74, 6) is 2.13. The highest BCUT2D eigenvalue weighted by Crippen LogP contribution is 2.32. The van der Waals surface area contributed by atoms with Crippen LogP contribution < -0.4 is 14.8 Å². The second-order valence-electron chi connectivity index (χ2n) is 12.0. The summed E-state index contributed by atoms with van der Waals surface area (Å²) in [6.07, 6.45) is 9.75. The zero-order valence-corrected chi connectivity index (χ0v) is 24.9. The first-order chi connectivity index (χ1) is 19.6. The van der Waals surface area contributed by atoms with Gasteiger partial charge in [0.1, 0.15) is 23.6 Å². The molecule has 2 saturated heterocycles. The molecule has 0 spiro atoms. The molecule has 9 nitrogen and oxygen atoms in total. The third kappa shape index (κ3) is 7.80. The lowest BCUT2D eigenvalue weighted by Crippen LogP contribution is -2.65. The van der Waals surface area contributed by atoms with Crippen molar-refractivity contribution in [3.8, 4) is 11.5 Å². The van der Waals surface area contributed by atoms with Gasteiger partial charge in [-0.1, -0.05) is 44.2 Å². The number of carbonyl (C=O) groups excluding carboxylic acids is 2. The number of amides is 2. The number of piperazine rings is 1. The van der Waals surface area contributed by atoms with Crippen LogP contribution in [-0.4, -0.2) is 68.5 Å². The molecule has 222 valence electrons. The van der Waals surface area contributed by atoms with Crippen LogP contribution in [0.5, 0.6) is 11.5 Å². The van der Waals surface area contributed by atoms with Crippen molar-refractivity contribution in [3.63, 3.8) is 0 Å². The zero-order chi connectivity index (χ0) is 29.0. The maximum atomic E-state index is 13.2. The quantitative estimate of drug-likeness (QED) is 0.455. The summed E-state index contributed by atoms with van der Waals surface area (Å²) in [6.45, 7) is 2.58. The van der Waals surface area contributed by atoms with Crippen LogP contribution in [0, 0.1) is 11.8 Å². The van der Waals surface area contributed by atoms with Crippen LogP contribution in [0.3, 0.4) is 0 Å². The van der Waals surface area contributed by atoms with E-state index >= 15 is 0 Å². The second-order valence-corrected chi connectivity index (χ2v) is 13.7. The minimum absolute atomic E-state index is 0.0169. The highest BCUT2D eigenvalue weighted by Gasteiger charge is 2.43. The number of nitrogens with one attached hydrogen (secondary N) is 2. The first-order valence-corrected chi connectivity index (χ1v) is 16.7. The summed E-state index contributed by atoms with van der Waals surface area (Å²) >= 11 is 0. The van der Waals surface area contributed by atoms with Crippen molar-refractivity contribution >= 4 is 27.5 Å². The number of carbonyl (C=O) groups is 2. The number of sulfonamides is 1. The molecule has 41 heavy (non-hydrogen) atoms. The lowest BCUT2D eigenvalue weighted by Gasteiger charge is -2.44. The van der Waals surface area contributed by atoms with E-state index in [4.69, 9.17) is 4.74 Å². The van der Waals surface area contributed by atoms with E-state index in [0.29, 0.717) is 23.1 Å². The molecule has 2 aliphatic heterocycles. The van der Waals surface area contributed by atoms with E-state index in [1.807, 2.05) is 19.2 Å². The Kier molecular flexibility index (Phi) is 9.19. The van der Waals surface area contributed by atoms with Gasteiger partial charge < -0.3 is 15.0 Å². The molecule has 2 heterocycles. The van der Waals surface area contributed by atoms with Crippen molar-refractivity contribution in [2.24, 2.45) is 11.8 Å². The molecule has 3 fully saturated rings. The van der Waals surface area contributed by atoms with Crippen LogP contribution in [0.1, 0.15) is 56.9 Å². The smallest absolute Gasteiger partial charge is 0.245 e. The summed E-state index contributed by atoms with van der Waals surface area (Å²) in [5, 5.41) is 3.09. The Morgan fingerprint density at radius 3 is 2.12 bits per heavy atom. The number of ether oxygens (including phenoxy) is 1. The van der Waals surface area contributed by atoms with Gasteiger partial charge in [-0.05, 0) is 86.1 Å². The number of hydrogen-bond donors (Lipinski definition) is 2. The van der Waals surface area contributed by atoms with E-state index < -0.39 is 10.0 Å². The van der Waals surface area contributed by atoms with Crippen molar-refractivity contribution < 1.29 is 22.7 Å². The van der Waals surface area contributed by atoms with Crippen molar-refractivity contribution in [1.82, 2.24) is 15.1 Å². The molecule has 0 bridgehead atoms. The average Bonchev–Trinajstić information content (AvgIpc) is 2.94. The molecule has 1 unspecified atom stereocenters. The van der Waals surface area contributed by atoms with Gasteiger partial charge in [-0.2, -0.15) is 0 Å².